The highest BCUT2D eigenvalue weighted by atomic mass is 19.2. The molecule has 0 bridgehead atoms. The van der Waals surface area contributed by atoms with E-state index in [2.05, 4.69) is 31.0 Å². The van der Waals surface area contributed by atoms with Gasteiger partial charge in [-0.2, -0.15) is 5.10 Å². The predicted octanol–water partition coefficient (Wildman–Crippen LogP) is 3.64. The quantitative estimate of drug-likeness (QED) is 0.239. The lowest BCUT2D eigenvalue weighted by Gasteiger charge is -2.23. The van der Waals surface area contributed by atoms with Crippen molar-refractivity contribution in [1.82, 2.24) is 25.1 Å². The third-order valence-electron chi connectivity index (χ3n) is 6.36. The van der Waals surface area contributed by atoms with Crippen molar-refractivity contribution < 1.29 is 27.8 Å². The van der Waals surface area contributed by atoms with Crippen LogP contribution in [-0.4, -0.2) is 65.2 Å². The highest BCUT2D eigenvalue weighted by Crippen LogP contribution is 2.34. The van der Waals surface area contributed by atoms with Crippen LogP contribution in [0.25, 0.3) is 10.9 Å². The summed E-state index contributed by atoms with van der Waals surface area (Å²) in [5.74, 6) is -1.12. The minimum atomic E-state index is -1.12. The van der Waals surface area contributed by atoms with E-state index in [4.69, 9.17) is 14.2 Å². The first-order chi connectivity index (χ1) is 19.5. The van der Waals surface area contributed by atoms with Crippen molar-refractivity contribution in [2.24, 2.45) is 0 Å². The first kappa shape index (κ1) is 27.2. The molecule has 0 atom stereocenters. The number of hydrogen-bond acceptors (Lipinski definition) is 9. The van der Waals surface area contributed by atoms with Crippen LogP contribution in [0, 0.1) is 11.6 Å². The van der Waals surface area contributed by atoms with E-state index in [9.17, 15) is 13.6 Å². The van der Waals surface area contributed by atoms with Crippen molar-refractivity contribution in [2.75, 3.05) is 44.1 Å². The molecule has 1 aliphatic rings. The molecule has 0 saturated carbocycles. The highest BCUT2D eigenvalue weighted by Gasteiger charge is 2.16. The van der Waals surface area contributed by atoms with E-state index in [1.807, 2.05) is 0 Å². The van der Waals surface area contributed by atoms with Crippen LogP contribution in [-0.2, 0) is 16.1 Å². The number of hydrogen-bond donors (Lipinski definition) is 3. The van der Waals surface area contributed by atoms with Gasteiger partial charge >= 0.3 is 0 Å². The molecule has 1 amide bonds. The molecule has 0 unspecified atom stereocenters. The van der Waals surface area contributed by atoms with Gasteiger partial charge in [0.15, 0.2) is 23.1 Å². The molecule has 1 aliphatic heterocycles. The topological polar surface area (TPSA) is 124 Å². The third-order valence-corrected chi connectivity index (χ3v) is 6.36. The molecule has 1 fully saturated rings. The van der Waals surface area contributed by atoms with Gasteiger partial charge in [0.1, 0.15) is 25.3 Å². The standard InChI is InChI=1S/C27H29F2N7O4/c1-38-23-11-19-22(12-24(23)40-10-7-30-17-5-8-39-9-6-17)31-16-32-27(19)34-18-13-33-36(14-18)15-25(37)35-21-4-2-3-20(28)26(21)29/h2-4,11-14,16-17,30H,5-10,15H2,1H3,(H,35,37)(H,31,32,34). The summed E-state index contributed by atoms with van der Waals surface area (Å²) in [6.07, 6.45) is 6.53. The van der Waals surface area contributed by atoms with Gasteiger partial charge in [-0.3, -0.25) is 9.48 Å². The van der Waals surface area contributed by atoms with Crippen LogP contribution in [0.1, 0.15) is 12.8 Å². The van der Waals surface area contributed by atoms with Crippen LogP contribution in [0.5, 0.6) is 11.5 Å². The van der Waals surface area contributed by atoms with Crippen molar-refractivity contribution >= 4 is 34.0 Å². The van der Waals surface area contributed by atoms with Crippen LogP contribution in [0.4, 0.5) is 26.0 Å². The second-order valence-electron chi connectivity index (χ2n) is 9.13. The van der Waals surface area contributed by atoms with Gasteiger partial charge in [0.2, 0.25) is 5.91 Å². The Bertz CT molecular complexity index is 1480. The number of rotatable bonds is 11. The lowest BCUT2D eigenvalue weighted by atomic mass is 10.1. The van der Waals surface area contributed by atoms with Gasteiger partial charge in [-0.25, -0.2) is 18.7 Å². The average Bonchev–Trinajstić information content (AvgIpc) is 3.40. The van der Waals surface area contributed by atoms with Gasteiger partial charge in [0, 0.05) is 43.4 Å². The maximum atomic E-state index is 13.8. The summed E-state index contributed by atoms with van der Waals surface area (Å²) >= 11 is 0. The fraction of sp³-hybridized carbons (Fsp3) is 0.333. The Kier molecular flexibility index (Phi) is 8.62. The second-order valence-corrected chi connectivity index (χ2v) is 9.13. The summed E-state index contributed by atoms with van der Waals surface area (Å²) in [7, 11) is 1.57. The SMILES string of the molecule is COc1cc2c(Nc3cnn(CC(=O)Nc4cccc(F)c4F)c3)ncnc2cc1OCCNC1CCOCC1. The molecular weight excluding hydrogens is 524 g/mol. The Morgan fingerprint density at radius 2 is 2.02 bits per heavy atom. The van der Waals surface area contributed by atoms with Crippen molar-refractivity contribution in [3.8, 4) is 11.5 Å². The summed E-state index contributed by atoms with van der Waals surface area (Å²) in [5, 5.41) is 13.9. The van der Waals surface area contributed by atoms with Crippen molar-refractivity contribution in [3.05, 3.63) is 60.7 Å². The van der Waals surface area contributed by atoms with E-state index in [0.29, 0.717) is 53.1 Å². The number of nitrogens with one attached hydrogen (secondary N) is 3. The number of carbonyl (C=O) groups excluding carboxylic acids is 1. The minimum Gasteiger partial charge on any atom is -0.493 e. The molecule has 0 radical (unpaired) electrons. The van der Waals surface area contributed by atoms with E-state index in [1.54, 1.807) is 25.4 Å². The maximum absolute atomic E-state index is 13.8. The lowest BCUT2D eigenvalue weighted by Crippen LogP contribution is -2.37. The fourth-order valence-corrected chi connectivity index (χ4v) is 4.35. The molecule has 3 heterocycles. The zero-order valence-corrected chi connectivity index (χ0v) is 21.8. The first-order valence-corrected chi connectivity index (χ1v) is 12.8. The fourth-order valence-electron chi connectivity index (χ4n) is 4.35. The zero-order chi connectivity index (χ0) is 27.9. The van der Waals surface area contributed by atoms with Gasteiger partial charge in [0.25, 0.3) is 0 Å². The molecule has 13 heteroatoms. The summed E-state index contributed by atoms with van der Waals surface area (Å²) < 4.78 is 45.5. The van der Waals surface area contributed by atoms with Gasteiger partial charge in [-0.05, 0) is 31.0 Å². The Morgan fingerprint density at radius 1 is 1.18 bits per heavy atom. The van der Waals surface area contributed by atoms with Gasteiger partial charge in [-0.1, -0.05) is 6.07 Å². The summed E-state index contributed by atoms with van der Waals surface area (Å²) in [5.41, 5.74) is 0.966. The smallest absolute Gasteiger partial charge is 0.246 e. The molecule has 2 aromatic carbocycles. The molecule has 5 rings (SSSR count). The summed E-state index contributed by atoms with van der Waals surface area (Å²) in [6.45, 7) is 2.51. The number of aromatic nitrogens is 4. The average molecular weight is 554 g/mol. The molecule has 11 nitrogen and oxygen atoms in total. The third kappa shape index (κ3) is 6.61. The molecule has 0 aliphatic carbocycles. The van der Waals surface area contributed by atoms with Crippen LogP contribution in [0.2, 0.25) is 0 Å². The first-order valence-electron chi connectivity index (χ1n) is 12.8. The number of halogens is 2. The van der Waals surface area contributed by atoms with E-state index >= 15 is 0 Å². The Balaban J connectivity index is 1.22. The molecule has 1 saturated heterocycles. The zero-order valence-electron chi connectivity index (χ0n) is 21.8. The number of anilines is 3. The number of amides is 1. The number of methoxy groups -OCH3 is 1. The normalized spacial score (nSPS) is 13.8. The molecular formula is C27H29F2N7O4. The van der Waals surface area contributed by atoms with E-state index in [-0.39, 0.29) is 12.2 Å². The van der Waals surface area contributed by atoms with Crippen molar-refractivity contribution in [2.45, 2.75) is 25.4 Å². The van der Waals surface area contributed by atoms with Crippen molar-refractivity contribution in [1.29, 1.82) is 0 Å². The maximum Gasteiger partial charge on any atom is 0.246 e. The van der Waals surface area contributed by atoms with E-state index in [1.165, 1.54) is 29.3 Å². The molecule has 4 aromatic rings. The van der Waals surface area contributed by atoms with Gasteiger partial charge < -0.3 is 30.2 Å². The van der Waals surface area contributed by atoms with E-state index < -0.39 is 17.5 Å². The van der Waals surface area contributed by atoms with Crippen LogP contribution < -0.4 is 25.4 Å². The van der Waals surface area contributed by atoms with Crippen molar-refractivity contribution in [3.63, 3.8) is 0 Å². The second kappa shape index (κ2) is 12.7. The summed E-state index contributed by atoms with van der Waals surface area (Å²) in [4.78, 5) is 21.0. The van der Waals surface area contributed by atoms with Crippen LogP contribution >= 0.6 is 0 Å². The predicted molar refractivity (Wildman–Crippen MR) is 144 cm³/mol. The molecule has 3 N–H and O–H groups in total. The number of fused-ring (bicyclic) bond motifs is 1. The number of nitrogens with zero attached hydrogens (tertiary/aromatic N) is 4. The Labute approximate surface area is 228 Å². The Morgan fingerprint density at radius 3 is 2.85 bits per heavy atom. The van der Waals surface area contributed by atoms with Gasteiger partial charge in [0.05, 0.1) is 30.2 Å². The molecule has 40 heavy (non-hydrogen) atoms. The number of carbonyl (C=O) groups is 1. The molecule has 210 valence electrons. The van der Waals surface area contributed by atoms with E-state index in [0.717, 1.165) is 32.1 Å². The van der Waals surface area contributed by atoms with Crippen LogP contribution in [0.15, 0.2) is 49.1 Å². The van der Waals surface area contributed by atoms with Gasteiger partial charge in [-0.15, -0.1) is 0 Å². The minimum absolute atomic E-state index is 0.208. The largest absolute Gasteiger partial charge is 0.493 e. The lowest BCUT2D eigenvalue weighted by molar-refractivity contribution is -0.116. The number of benzene rings is 2. The monoisotopic (exact) mass is 553 g/mol. The summed E-state index contributed by atoms with van der Waals surface area (Å²) in [6, 6.07) is 7.60. The Hall–Kier alpha value is -4.36. The molecule has 2 aromatic heterocycles. The van der Waals surface area contributed by atoms with Crippen LogP contribution in [0.3, 0.4) is 0 Å². The highest BCUT2D eigenvalue weighted by molar-refractivity contribution is 5.93. The molecule has 0 spiro atoms. The number of ether oxygens (including phenoxy) is 3.